The average molecular weight is 675 g/mol. The molecular weight excluding hydrogens is 648 g/mol. The van der Waals surface area contributed by atoms with Gasteiger partial charge in [-0.15, -0.1) is 0 Å². The molecular formula is C42H26O9. The fourth-order valence-corrected chi connectivity index (χ4v) is 7.47. The summed E-state index contributed by atoms with van der Waals surface area (Å²) >= 11 is 0. The number of furan rings is 1. The summed E-state index contributed by atoms with van der Waals surface area (Å²) < 4.78 is 6.12. The van der Waals surface area contributed by atoms with Crippen molar-refractivity contribution in [2.75, 3.05) is 0 Å². The highest BCUT2D eigenvalue weighted by molar-refractivity contribution is 6.31. The molecule has 51 heavy (non-hydrogen) atoms. The molecule has 0 bridgehead atoms. The second-order valence-corrected chi connectivity index (χ2v) is 12.4. The van der Waals surface area contributed by atoms with Crippen LogP contribution in [0.4, 0.5) is 0 Å². The number of fused-ring (bicyclic) bond motifs is 6. The van der Waals surface area contributed by atoms with Crippen molar-refractivity contribution in [3.8, 4) is 79.4 Å². The van der Waals surface area contributed by atoms with E-state index in [1.165, 1.54) is 0 Å². The van der Waals surface area contributed by atoms with Gasteiger partial charge in [0.25, 0.3) is 0 Å². The third-order valence-electron chi connectivity index (χ3n) is 9.70. The Labute approximate surface area is 287 Å². The molecule has 1 heterocycles. The van der Waals surface area contributed by atoms with Gasteiger partial charge >= 0.3 is 0 Å². The van der Waals surface area contributed by atoms with E-state index in [9.17, 15) is 40.9 Å². The van der Waals surface area contributed by atoms with Gasteiger partial charge in [0.15, 0.2) is 23.0 Å². The Kier molecular flexibility index (Phi) is 6.21. The van der Waals surface area contributed by atoms with Crippen molar-refractivity contribution in [1.82, 2.24) is 0 Å². The molecule has 0 unspecified atom stereocenters. The van der Waals surface area contributed by atoms with Gasteiger partial charge in [-0.25, -0.2) is 0 Å². The zero-order valence-corrected chi connectivity index (χ0v) is 26.4. The van der Waals surface area contributed by atoms with Gasteiger partial charge in [0.1, 0.15) is 11.2 Å². The van der Waals surface area contributed by atoms with E-state index < -0.39 is 46.0 Å². The van der Waals surface area contributed by atoms with Crippen LogP contribution >= 0.6 is 0 Å². The van der Waals surface area contributed by atoms with Gasteiger partial charge in [-0.1, -0.05) is 84.9 Å². The summed E-state index contributed by atoms with van der Waals surface area (Å²) in [7, 11) is 0. The van der Waals surface area contributed by atoms with E-state index >= 15 is 0 Å². The van der Waals surface area contributed by atoms with Gasteiger partial charge in [0.2, 0.25) is 23.0 Å². The first-order chi connectivity index (χ1) is 24.7. The molecule has 9 heteroatoms. The molecule has 0 aliphatic heterocycles. The standard InChI is InChI=1S/C42H26O9/c43-35-31-28(21-17-20-11-4-5-12-22(20)25(18-21)19-9-2-1-3-10-19)32-34(38(46)42(50)40(48)36(32)44)30(33(31)37(45)41(49)39(35)47)24-14-8-16-27-29(24)23-13-6-7-15-26(23)51-27/h1-18,43-50H. The Balaban J connectivity index is 1.59. The highest BCUT2D eigenvalue weighted by Gasteiger charge is 2.33. The fraction of sp³-hybridized carbons (Fsp3) is 0. The zero-order valence-electron chi connectivity index (χ0n) is 26.4. The van der Waals surface area contributed by atoms with Crippen molar-refractivity contribution in [2.45, 2.75) is 0 Å². The van der Waals surface area contributed by atoms with E-state index in [0.717, 1.165) is 21.9 Å². The molecule has 0 atom stereocenters. The Morgan fingerprint density at radius 1 is 0.333 bits per heavy atom. The van der Waals surface area contributed by atoms with Crippen LogP contribution in [0.15, 0.2) is 114 Å². The first-order valence-electron chi connectivity index (χ1n) is 15.9. The molecule has 0 spiro atoms. The van der Waals surface area contributed by atoms with E-state index in [1.807, 2.05) is 60.7 Å². The maximum Gasteiger partial charge on any atom is 0.204 e. The third kappa shape index (κ3) is 4.03. The maximum absolute atomic E-state index is 11.8. The lowest BCUT2D eigenvalue weighted by Crippen LogP contribution is -1.95. The maximum atomic E-state index is 11.8. The molecule has 248 valence electrons. The predicted octanol–water partition coefficient (Wildman–Crippen LogP) is 9.69. The topological polar surface area (TPSA) is 175 Å². The Hall–Kier alpha value is -7.26. The van der Waals surface area contributed by atoms with Gasteiger partial charge in [0, 0.05) is 43.4 Å². The molecule has 8 N–H and O–H groups in total. The first-order valence-corrected chi connectivity index (χ1v) is 15.9. The van der Waals surface area contributed by atoms with Crippen molar-refractivity contribution in [1.29, 1.82) is 0 Å². The van der Waals surface area contributed by atoms with Crippen LogP contribution in [0.3, 0.4) is 0 Å². The van der Waals surface area contributed by atoms with Gasteiger partial charge < -0.3 is 45.3 Å². The van der Waals surface area contributed by atoms with Gasteiger partial charge in [-0.05, 0) is 57.3 Å². The number of phenols is 8. The SMILES string of the molecule is Oc1c(O)c(O)c2c(-c3cccc4oc5ccccc5c34)c3c(O)c(O)c(O)c(O)c3c(-c3cc(-c4ccccc4)c4ccccc4c3)c2c1O. The van der Waals surface area contributed by atoms with Crippen LogP contribution in [-0.4, -0.2) is 40.9 Å². The predicted molar refractivity (Wildman–Crippen MR) is 196 cm³/mol. The van der Waals surface area contributed by atoms with Crippen molar-refractivity contribution in [3.05, 3.63) is 109 Å². The lowest BCUT2D eigenvalue weighted by atomic mass is 9.81. The zero-order chi connectivity index (χ0) is 35.3. The Morgan fingerprint density at radius 2 is 0.843 bits per heavy atom. The molecule has 0 saturated heterocycles. The van der Waals surface area contributed by atoms with Crippen LogP contribution < -0.4 is 0 Å². The summed E-state index contributed by atoms with van der Waals surface area (Å²) in [5, 5.41) is 93.0. The Morgan fingerprint density at radius 3 is 1.47 bits per heavy atom. The minimum absolute atomic E-state index is 0.0258. The van der Waals surface area contributed by atoms with E-state index in [0.29, 0.717) is 33.1 Å². The van der Waals surface area contributed by atoms with Crippen molar-refractivity contribution in [3.63, 3.8) is 0 Å². The van der Waals surface area contributed by atoms with Gasteiger partial charge in [-0.3, -0.25) is 0 Å². The molecule has 0 aliphatic rings. The number of hydrogen-bond acceptors (Lipinski definition) is 9. The molecule has 0 saturated carbocycles. The number of para-hydroxylation sites is 1. The fourth-order valence-electron chi connectivity index (χ4n) is 7.47. The highest BCUT2D eigenvalue weighted by Crippen LogP contribution is 2.62. The molecule has 0 amide bonds. The summed E-state index contributed by atoms with van der Waals surface area (Å²) in [6.07, 6.45) is 0. The van der Waals surface area contributed by atoms with E-state index in [-0.39, 0.29) is 32.7 Å². The van der Waals surface area contributed by atoms with E-state index in [2.05, 4.69) is 0 Å². The quantitative estimate of drug-likeness (QED) is 0.0515. The number of hydrogen-bond donors (Lipinski definition) is 8. The summed E-state index contributed by atoms with van der Waals surface area (Å²) in [6.45, 7) is 0. The van der Waals surface area contributed by atoms with Crippen LogP contribution in [0.5, 0.6) is 46.0 Å². The summed E-state index contributed by atoms with van der Waals surface area (Å²) in [4.78, 5) is 0. The van der Waals surface area contributed by atoms with Crippen molar-refractivity contribution >= 4 is 54.3 Å². The molecule has 0 radical (unpaired) electrons. The number of aromatic hydroxyl groups is 8. The molecule has 0 aliphatic carbocycles. The second kappa shape index (κ2) is 10.6. The molecule has 1 aromatic heterocycles. The summed E-state index contributed by atoms with van der Waals surface area (Å²) in [5.41, 5.74) is 3.09. The van der Waals surface area contributed by atoms with Gasteiger partial charge in [-0.2, -0.15) is 0 Å². The molecule has 9 nitrogen and oxygen atoms in total. The minimum Gasteiger partial charge on any atom is -0.504 e. The van der Waals surface area contributed by atoms with Crippen LogP contribution in [0.1, 0.15) is 0 Å². The molecule has 9 rings (SSSR count). The molecule has 8 aromatic carbocycles. The molecule has 9 aromatic rings. The Bertz CT molecular complexity index is 2860. The third-order valence-corrected chi connectivity index (χ3v) is 9.70. The highest BCUT2D eigenvalue weighted by atomic mass is 16.4. The largest absolute Gasteiger partial charge is 0.504 e. The van der Waals surface area contributed by atoms with Crippen LogP contribution in [0.25, 0.3) is 87.6 Å². The normalized spacial score (nSPS) is 11.8. The lowest BCUT2D eigenvalue weighted by Gasteiger charge is -2.23. The van der Waals surface area contributed by atoms with Crippen LogP contribution in [0.2, 0.25) is 0 Å². The van der Waals surface area contributed by atoms with Crippen LogP contribution in [-0.2, 0) is 0 Å². The monoisotopic (exact) mass is 674 g/mol. The smallest absolute Gasteiger partial charge is 0.204 e. The average Bonchev–Trinajstić information content (AvgIpc) is 3.55. The first kappa shape index (κ1) is 29.8. The minimum atomic E-state index is -1.04. The summed E-state index contributed by atoms with van der Waals surface area (Å²) in [5.74, 6) is -7.52. The van der Waals surface area contributed by atoms with Gasteiger partial charge in [0.05, 0.1) is 0 Å². The number of rotatable bonds is 3. The van der Waals surface area contributed by atoms with E-state index in [4.69, 9.17) is 4.42 Å². The number of benzene rings is 8. The summed E-state index contributed by atoms with van der Waals surface area (Å²) in [6, 6.07) is 32.8. The van der Waals surface area contributed by atoms with Crippen molar-refractivity contribution in [2.24, 2.45) is 0 Å². The number of phenolic OH excluding ortho intramolecular Hbond substituents is 8. The van der Waals surface area contributed by atoms with E-state index in [1.54, 1.807) is 48.5 Å². The lowest BCUT2D eigenvalue weighted by molar-refractivity contribution is 0.350. The second-order valence-electron chi connectivity index (χ2n) is 12.4. The molecule has 0 fully saturated rings. The van der Waals surface area contributed by atoms with Crippen molar-refractivity contribution < 1.29 is 45.3 Å². The van der Waals surface area contributed by atoms with Crippen LogP contribution in [0, 0.1) is 0 Å².